The number of carbonyl (C=O) groups excluding carboxylic acids is 2. The van der Waals surface area contributed by atoms with Crippen molar-refractivity contribution in [3.8, 4) is 0 Å². The average molecular weight is 226 g/mol. The van der Waals surface area contributed by atoms with Gasteiger partial charge >= 0.3 is 0 Å². The van der Waals surface area contributed by atoms with E-state index in [0.29, 0.717) is 11.1 Å². The van der Waals surface area contributed by atoms with E-state index in [-0.39, 0.29) is 11.6 Å². The van der Waals surface area contributed by atoms with Crippen LogP contribution in [0.4, 0.5) is 0 Å². The molecule has 0 aromatic heterocycles. The minimum absolute atomic E-state index is 0.0707. The number of Topliss-reactive ketones (excluding diaryl/α,β-unsaturated/α-hetero) is 2. The summed E-state index contributed by atoms with van der Waals surface area (Å²) in [5.41, 5.74) is 2.16. The van der Waals surface area contributed by atoms with Crippen LogP contribution in [0.5, 0.6) is 0 Å². The molecule has 0 unspecified atom stereocenters. The van der Waals surface area contributed by atoms with Crippen molar-refractivity contribution in [1.29, 1.82) is 0 Å². The van der Waals surface area contributed by atoms with Crippen molar-refractivity contribution in [3.05, 3.63) is 47.0 Å². The van der Waals surface area contributed by atoms with Crippen LogP contribution >= 0.6 is 0 Å². The zero-order valence-electron chi connectivity index (χ0n) is 10.2. The third-order valence-electron chi connectivity index (χ3n) is 2.89. The summed E-state index contributed by atoms with van der Waals surface area (Å²) in [6.07, 6.45) is 0. The van der Waals surface area contributed by atoms with E-state index in [1.54, 1.807) is 12.1 Å². The van der Waals surface area contributed by atoms with Gasteiger partial charge in [-0.1, -0.05) is 23.8 Å². The molecule has 2 nitrogen and oxygen atoms in total. The van der Waals surface area contributed by atoms with Gasteiger partial charge in [0.15, 0.2) is 11.6 Å². The molecule has 0 aliphatic heterocycles. The number of aryl methyl sites for hydroxylation is 1. The Bertz CT molecular complexity index is 624. The van der Waals surface area contributed by atoms with Crippen LogP contribution in [-0.4, -0.2) is 11.6 Å². The average Bonchev–Trinajstić information content (AvgIpc) is 2.26. The van der Waals surface area contributed by atoms with Gasteiger partial charge in [-0.25, -0.2) is 0 Å². The minimum Gasteiger partial charge on any atom is -0.294 e. The quantitative estimate of drug-likeness (QED) is 0.734. The summed E-state index contributed by atoms with van der Waals surface area (Å²) in [6.45, 7) is 4.98. The first-order valence-electron chi connectivity index (χ1n) is 5.55. The van der Waals surface area contributed by atoms with Gasteiger partial charge in [0.05, 0.1) is 0 Å². The van der Waals surface area contributed by atoms with Gasteiger partial charge in [0.25, 0.3) is 0 Å². The Morgan fingerprint density at radius 1 is 0.824 bits per heavy atom. The minimum atomic E-state index is -0.0716. The Morgan fingerprint density at radius 3 is 1.88 bits per heavy atom. The highest BCUT2D eigenvalue weighted by Crippen LogP contribution is 2.22. The molecule has 2 heteroatoms. The van der Waals surface area contributed by atoms with Crippen molar-refractivity contribution in [2.45, 2.75) is 20.8 Å². The van der Waals surface area contributed by atoms with E-state index in [1.165, 1.54) is 13.8 Å². The summed E-state index contributed by atoms with van der Waals surface area (Å²) >= 11 is 0. The molecule has 17 heavy (non-hydrogen) atoms. The highest BCUT2D eigenvalue weighted by atomic mass is 16.1. The van der Waals surface area contributed by atoms with Crippen LogP contribution in [0.2, 0.25) is 0 Å². The number of benzene rings is 2. The molecule has 0 aliphatic carbocycles. The first kappa shape index (κ1) is 11.5. The molecule has 86 valence electrons. The number of rotatable bonds is 2. The molecule has 0 aliphatic rings. The molecule has 0 heterocycles. The van der Waals surface area contributed by atoms with Crippen LogP contribution in [0.15, 0.2) is 30.3 Å². The van der Waals surface area contributed by atoms with Crippen LogP contribution < -0.4 is 0 Å². The Morgan fingerprint density at radius 2 is 1.35 bits per heavy atom. The van der Waals surface area contributed by atoms with Crippen molar-refractivity contribution in [2.24, 2.45) is 0 Å². The molecule has 0 atom stereocenters. The summed E-state index contributed by atoms with van der Waals surface area (Å²) in [5, 5.41) is 1.99. The lowest BCUT2D eigenvalue weighted by atomic mass is 9.96. The molecular weight excluding hydrogens is 212 g/mol. The summed E-state index contributed by atoms with van der Waals surface area (Å²) in [5.74, 6) is -0.142. The van der Waals surface area contributed by atoms with Gasteiger partial charge in [-0.05, 0) is 43.7 Å². The lowest BCUT2D eigenvalue weighted by Gasteiger charge is -2.07. The molecule has 0 saturated carbocycles. The van der Waals surface area contributed by atoms with Crippen LogP contribution in [0.1, 0.15) is 40.1 Å². The van der Waals surface area contributed by atoms with E-state index in [0.717, 1.165) is 16.3 Å². The molecule has 2 rings (SSSR count). The maximum atomic E-state index is 11.5. The number of hydrogen-bond acceptors (Lipinski definition) is 2. The molecule has 0 saturated heterocycles. The van der Waals surface area contributed by atoms with Gasteiger partial charge in [0, 0.05) is 11.1 Å². The highest BCUT2D eigenvalue weighted by Gasteiger charge is 2.12. The van der Waals surface area contributed by atoms with Crippen molar-refractivity contribution in [3.63, 3.8) is 0 Å². The third kappa shape index (κ3) is 2.11. The zero-order chi connectivity index (χ0) is 12.6. The van der Waals surface area contributed by atoms with Crippen LogP contribution in [0.25, 0.3) is 10.8 Å². The summed E-state index contributed by atoms with van der Waals surface area (Å²) in [4.78, 5) is 23.1. The number of hydrogen-bond donors (Lipinski definition) is 0. The fraction of sp³-hybridized carbons (Fsp3) is 0.200. The van der Waals surface area contributed by atoms with Crippen LogP contribution in [0, 0.1) is 6.92 Å². The van der Waals surface area contributed by atoms with Gasteiger partial charge in [-0.2, -0.15) is 0 Å². The number of carbonyl (C=O) groups is 2. The smallest absolute Gasteiger partial charge is 0.160 e. The summed E-state index contributed by atoms with van der Waals surface area (Å²) in [7, 11) is 0. The Kier molecular flexibility index (Phi) is 2.80. The second-order valence-corrected chi connectivity index (χ2v) is 4.36. The van der Waals surface area contributed by atoms with Gasteiger partial charge < -0.3 is 0 Å². The van der Waals surface area contributed by atoms with Crippen LogP contribution in [0.3, 0.4) is 0 Å². The largest absolute Gasteiger partial charge is 0.294 e. The molecule has 2 aromatic carbocycles. The predicted molar refractivity (Wildman–Crippen MR) is 68.7 cm³/mol. The van der Waals surface area contributed by atoms with E-state index >= 15 is 0 Å². The number of fused-ring (bicyclic) bond motifs is 1. The molecular formula is C15H14O2. The van der Waals surface area contributed by atoms with Crippen molar-refractivity contribution >= 4 is 22.3 Å². The maximum Gasteiger partial charge on any atom is 0.160 e. The van der Waals surface area contributed by atoms with Crippen molar-refractivity contribution < 1.29 is 9.59 Å². The first-order valence-corrected chi connectivity index (χ1v) is 5.55. The normalized spacial score (nSPS) is 10.5. The van der Waals surface area contributed by atoms with E-state index < -0.39 is 0 Å². The van der Waals surface area contributed by atoms with Crippen molar-refractivity contribution in [1.82, 2.24) is 0 Å². The molecule has 0 fully saturated rings. The molecule has 0 N–H and O–H groups in total. The maximum absolute atomic E-state index is 11.5. The Balaban J connectivity index is 2.81. The van der Waals surface area contributed by atoms with E-state index in [4.69, 9.17) is 0 Å². The van der Waals surface area contributed by atoms with Crippen molar-refractivity contribution in [2.75, 3.05) is 0 Å². The fourth-order valence-corrected chi connectivity index (χ4v) is 2.00. The predicted octanol–water partition coefficient (Wildman–Crippen LogP) is 3.55. The standard InChI is InChI=1S/C15H14O2/c1-9-4-5-12-7-14(10(2)16)15(11(3)17)8-13(12)6-9/h4-8H,1-3H3. The second kappa shape index (κ2) is 4.13. The molecule has 0 spiro atoms. The third-order valence-corrected chi connectivity index (χ3v) is 2.89. The molecule has 0 amide bonds. The topological polar surface area (TPSA) is 34.1 Å². The Hall–Kier alpha value is -1.96. The van der Waals surface area contributed by atoms with Crippen LogP contribution in [-0.2, 0) is 0 Å². The summed E-state index contributed by atoms with van der Waals surface area (Å²) in [6, 6.07) is 9.60. The lowest BCUT2D eigenvalue weighted by Crippen LogP contribution is -2.04. The van der Waals surface area contributed by atoms with E-state index in [9.17, 15) is 9.59 Å². The fourth-order valence-electron chi connectivity index (χ4n) is 2.00. The van der Waals surface area contributed by atoms with E-state index in [2.05, 4.69) is 0 Å². The monoisotopic (exact) mass is 226 g/mol. The van der Waals surface area contributed by atoms with Gasteiger partial charge in [0.1, 0.15) is 0 Å². The van der Waals surface area contributed by atoms with Gasteiger partial charge in [-0.3, -0.25) is 9.59 Å². The Labute approximate surface area is 100 Å². The molecule has 0 bridgehead atoms. The zero-order valence-corrected chi connectivity index (χ0v) is 10.2. The van der Waals surface area contributed by atoms with E-state index in [1.807, 2.05) is 25.1 Å². The molecule has 0 radical (unpaired) electrons. The lowest BCUT2D eigenvalue weighted by molar-refractivity contribution is 0.0981. The summed E-state index contributed by atoms with van der Waals surface area (Å²) < 4.78 is 0. The number of ketones is 2. The van der Waals surface area contributed by atoms with Gasteiger partial charge in [0.2, 0.25) is 0 Å². The van der Waals surface area contributed by atoms with Gasteiger partial charge in [-0.15, -0.1) is 0 Å². The molecule has 2 aromatic rings. The first-order chi connectivity index (χ1) is 7.99. The second-order valence-electron chi connectivity index (χ2n) is 4.36. The highest BCUT2D eigenvalue weighted by molar-refractivity contribution is 6.10. The SMILES string of the molecule is CC(=O)c1cc2ccc(C)cc2cc1C(C)=O.